The Labute approximate surface area is 116 Å². The molecule has 0 bridgehead atoms. The van der Waals surface area contributed by atoms with Gasteiger partial charge in [0.1, 0.15) is 10.6 Å². The van der Waals surface area contributed by atoms with E-state index in [0.29, 0.717) is 11.6 Å². The van der Waals surface area contributed by atoms with Crippen LogP contribution in [-0.4, -0.2) is 13.4 Å². The summed E-state index contributed by atoms with van der Waals surface area (Å²) in [5.41, 5.74) is 2.04. The SMILES string of the molecule is Cc1ccc(C)c(Oc2ccc(S(=O)(=O)Cl)cn2)c1. The Morgan fingerprint density at radius 2 is 1.89 bits per heavy atom. The molecule has 0 N–H and O–H groups in total. The highest BCUT2D eigenvalue weighted by atomic mass is 35.7. The number of rotatable bonds is 3. The third kappa shape index (κ3) is 3.45. The van der Waals surface area contributed by atoms with Crippen LogP contribution in [0.5, 0.6) is 11.6 Å². The molecule has 0 radical (unpaired) electrons. The van der Waals surface area contributed by atoms with Crippen molar-refractivity contribution in [2.24, 2.45) is 0 Å². The van der Waals surface area contributed by atoms with Crippen molar-refractivity contribution >= 4 is 19.7 Å². The highest BCUT2D eigenvalue weighted by molar-refractivity contribution is 8.13. The number of nitrogens with zero attached hydrogens (tertiary/aromatic N) is 1. The van der Waals surface area contributed by atoms with Crippen LogP contribution in [-0.2, 0) is 9.05 Å². The van der Waals surface area contributed by atoms with Crippen LogP contribution in [0, 0.1) is 13.8 Å². The Kier molecular flexibility index (Phi) is 3.78. The van der Waals surface area contributed by atoms with Crippen molar-refractivity contribution in [3.63, 3.8) is 0 Å². The van der Waals surface area contributed by atoms with Crippen molar-refractivity contribution in [3.05, 3.63) is 47.7 Å². The molecule has 19 heavy (non-hydrogen) atoms. The molecule has 1 heterocycles. The molecule has 0 fully saturated rings. The zero-order valence-corrected chi connectivity index (χ0v) is 12.0. The number of aryl methyl sites for hydroxylation is 2. The van der Waals surface area contributed by atoms with Crippen LogP contribution in [0.4, 0.5) is 0 Å². The summed E-state index contributed by atoms with van der Waals surface area (Å²) in [4.78, 5) is 3.87. The van der Waals surface area contributed by atoms with Gasteiger partial charge in [0, 0.05) is 16.7 Å². The maximum absolute atomic E-state index is 11.1. The van der Waals surface area contributed by atoms with Crippen molar-refractivity contribution in [2.75, 3.05) is 0 Å². The molecule has 0 aliphatic carbocycles. The fourth-order valence-corrected chi connectivity index (χ4v) is 2.18. The molecular formula is C13H12ClNO3S. The minimum atomic E-state index is -3.75. The van der Waals surface area contributed by atoms with E-state index in [0.717, 1.165) is 11.1 Å². The van der Waals surface area contributed by atoms with E-state index in [4.69, 9.17) is 15.4 Å². The van der Waals surface area contributed by atoms with E-state index in [1.54, 1.807) is 0 Å². The van der Waals surface area contributed by atoms with E-state index in [9.17, 15) is 8.42 Å². The average molecular weight is 298 g/mol. The molecule has 1 aromatic carbocycles. The molecule has 2 aromatic rings. The van der Waals surface area contributed by atoms with Gasteiger partial charge in [-0.1, -0.05) is 12.1 Å². The topological polar surface area (TPSA) is 56.3 Å². The van der Waals surface area contributed by atoms with E-state index >= 15 is 0 Å². The Balaban J connectivity index is 2.27. The molecule has 0 atom stereocenters. The molecule has 6 heteroatoms. The second-order valence-electron chi connectivity index (χ2n) is 4.14. The van der Waals surface area contributed by atoms with Gasteiger partial charge in [-0.3, -0.25) is 0 Å². The fourth-order valence-electron chi connectivity index (χ4n) is 1.50. The van der Waals surface area contributed by atoms with Crippen molar-refractivity contribution < 1.29 is 13.2 Å². The van der Waals surface area contributed by atoms with Crippen LogP contribution in [0.2, 0.25) is 0 Å². The summed E-state index contributed by atoms with van der Waals surface area (Å²) < 4.78 is 27.8. The maximum atomic E-state index is 11.1. The van der Waals surface area contributed by atoms with Crippen LogP contribution in [0.1, 0.15) is 11.1 Å². The molecule has 0 aliphatic rings. The third-order valence-corrected chi connectivity index (χ3v) is 3.89. The fraction of sp³-hybridized carbons (Fsp3) is 0.154. The lowest BCUT2D eigenvalue weighted by molar-refractivity contribution is 0.458. The monoisotopic (exact) mass is 297 g/mol. The lowest BCUT2D eigenvalue weighted by Gasteiger charge is -2.08. The number of aromatic nitrogens is 1. The van der Waals surface area contributed by atoms with Gasteiger partial charge >= 0.3 is 0 Å². The number of halogens is 1. The zero-order chi connectivity index (χ0) is 14.0. The summed E-state index contributed by atoms with van der Waals surface area (Å²) in [6.45, 7) is 3.88. The molecule has 0 saturated heterocycles. The molecule has 2 rings (SSSR count). The van der Waals surface area contributed by atoms with Gasteiger partial charge in [0.15, 0.2) is 0 Å². The van der Waals surface area contributed by atoms with Gasteiger partial charge in [-0.2, -0.15) is 0 Å². The van der Waals surface area contributed by atoms with Gasteiger partial charge in [0.05, 0.1) is 6.20 Å². The van der Waals surface area contributed by atoms with Crippen LogP contribution >= 0.6 is 10.7 Å². The summed E-state index contributed by atoms with van der Waals surface area (Å²) in [6.07, 6.45) is 1.17. The van der Waals surface area contributed by atoms with Crippen LogP contribution < -0.4 is 4.74 Å². The minimum absolute atomic E-state index is 0.0533. The number of benzene rings is 1. The molecule has 0 unspecified atom stereocenters. The van der Waals surface area contributed by atoms with Gasteiger partial charge in [0.25, 0.3) is 9.05 Å². The zero-order valence-electron chi connectivity index (χ0n) is 10.4. The molecular weight excluding hydrogens is 286 g/mol. The predicted molar refractivity (Wildman–Crippen MR) is 73.3 cm³/mol. The average Bonchev–Trinajstić information content (AvgIpc) is 2.33. The van der Waals surface area contributed by atoms with E-state index < -0.39 is 9.05 Å². The first kappa shape index (κ1) is 13.8. The van der Waals surface area contributed by atoms with Crippen LogP contribution in [0.15, 0.2) is 41.4 Å². The molecule has 0 amide bonds. The first-order valence-electron chi connectivity index (χ1n) is 5.52. The summed E-state index contributed by atoms with van der Waals surface area (Å²) in [5, 5.41) is 0. The number of pyridine rings is 1. The third-order valence-electron chi connectivity index (χ3n) is 2.55. The molecule has 4 nitrogen and oxygen atoms in total. The van der Waals surface area contributed by atoms with Crippen LogP contribution in [0.3, 0.4) is 0 Å². The van der Waals surface area contributed by atoms with Gasteiger partial charge in [-0.15, -0.1) is 0 Å². The van der Waals surface area contributed by atoms with E-state index in [1.165, 1.54) is 18.3 Å². The Morgan fingerprint density at radius 3 is 2.47 bits per heavy atom. The molecule has 0 saturated carbocycles. The Hall–Kier alpha value is -1.59. The highest BCUT2D eigenvalue weighted by Gasteiger charge is 2.11. The largest absolute Gasteiger partial charge is 0.439 e. The first-order chi connectivity index (χ1) is 8.86. The predicted octanol–water partition coefficient (Wildman–Crippen LogP) is 3.42. The van der Waals surface area contributed by atoms with Crippen molar-refractivity contribution in [2.45, 2.75) is 18.7 Å². The second-order valence-corrected chi connectivity index (χ2v) is 6.71. The summed E-state index contributed by atoms with van der Waals surface area (Å²) >= 11 is 0. The first-order valence-corrected chi connectivity index (χ1v) is 7.83. The van der Waals surface area contributed by atoms with Crippen molar-refractivity contribution in [1.82, 2.24) is 4.98 Å². The van der Waals surface area contributed by atoms with Crippen molar-refractivity contribution in [3.8, 4) is 11.6 Å². The second kappa shape index (κ2) is 5.19. The lowest BCUT2D eigenvalue weighted by atomic mass is 10.1. The summed E-state index contributed by atoms with van der Waals surface area (Å²) in [5.74, 6) is 1.01. The highest BCUT2D eigenvalue weighted by Crippen LogP contribution is 2.25. The van der Waals surface area contributed by atoms with Gasteiger partial charge in [-0.05, 0) is 37.1 Å². The molecule has 100 valence electrons. The Bertz CT molecular complexity index is 696. The van der Waals surface area contributed by atoms with Crippen molar-refractivity contribution in [1.29, 1.82) is 0 Å². The smallest absolute Gasteiger partial charge is 0.262 e. The van der Waals surface area contributed by atoms with E-state index in [1.807, 2.05) is 32.0 Å². The number of hydrogen-bond acceptors (Lipinski definition) is 4. The summed E-state index contributed by atoms with van der Waals surface area (Å²) in [7, 11) is 1.46. The minimum Gasteiger partial charge on any atom is -0.439 e. The standard InChI is InChI=1S/C13H12ClNO3S/c1-9-3-4-10(2)12(7-9)18-13-6-5-11(8-15-13)19(14,16)17/h3-8H,1-2H3. The van der Waals surface area contributed by atoms with Gasteiger partial charge < -0.3 is 4.74 Å². The molecule has 0 aliphatic heterocycles. The van der Waals surface area contributed by atoms with E-state index in [2.05, 4.69) is 4.98 Å². The normalized spacial score (nSPS) is 11.3. The van der Waals surface area contributed by atoms with E-state index in [-0.39, 0.29) is 4.90 Å². The maximum Gasteiger partial charge on any atom is 0.262 e. The Morgan fingerprint density at radius 1 is 1.16 bits per heavy atom. The van der Waals surface area contributed by atoms with Gasteiger partial charge in [-0.25, -0.2) is 13.4 Å². The number of hydrogen-bond donors (Lipinski definition) is 0. The van der Waals surface area contributed by atoms with Crippen LogP contribution in [0.25, 0.3) is 0 Å². The van der Waals surface area contributed by atoms with Gasteiger partial charge in [0.2, 0.25) is 5.88 Å². The summed E-state index contributed by atoms with van der Waals surface area (Å²) in [6, 6.07) is 8.65. The lowest BCUT2D eigenvalue weighted by Crippen LogP contribution is -1.94. The molecule has 0 spiro atoms. The molecule has 1 aromatic heterocycles. The number of ether oxygens (including phenoxy) is 1. The quantitative estimate of drug-likeness (QED) is 0.815.